The van der Waals surface area contributed by atoms with E-state index in [2.05, 4.69) is 15.4 Å². The SMILES string of the molecule is O=C(O)C1(O)C(c2ccc(F)cc2)C(c2ccccc2)Nc2ncnn21. The van der Waals surface area contributed by atoms with Crippen molar-refractivity contribution in [2.24, 2.45) is 0 Å². The van der Waals surface area contributed by atoms with Crippen LogP contribution in [0.4, 0.5) is 10.3 Å². The summed E-state index contributed by atoms with van der Waals surface area (Å²) in [4.78, 5) is 16.1. The van der Waals surface area contributed by atoms with E-state index in [1.807, 2.05) is 30.3 Å². The van der Waals surface area contributed by atoms with Crippen molar-refractivity contribution in [1.29, 1.82) is 0 Å². The van der Waals surface area contributed by atoms with Crippen LogP contribution in [0.25, 0.3) is 0 Å². The van der Waals surface area contributed by atoms with E-state index in [-0.39, 0.29) is 5.95 Å². The Balaban J connectivity index is 1.96. The number of benzene rings is 2. The summed E-state index contributed by atoms with van der Waals surface area (Å²) in [5.41, 5.74) is -1.18. The van der Waals surface area contributed by atoms with Gasteiger partial charge in [-0.25, -0.2) is 9.18 Å². The number of carbonyl (C=O) groups is 1. The number of nitrogens with zero attached hydrogens (tertiary/aromatic N) is 3. The summed E-state index contributed by atoms with van der Waals surface area (Å²) < 4.78 is 14.3. The molecule has 0 spiro atoms. The van der Waals surface area contributed by atoms with Crippen LogP contribution >= 0.6 is 0 Å². The largest absolute Gasteiger partial charge is 0.478 e. The predicted molar refractivity (Wildman–Crippen MR) is 89.8 cm³/mol. The molecule has 1 aliphatic rings. The third kappa shape index (κ3) is 2.34. The Morgan fingerprint density at radius 1 is 1.12 bits per heavy atom. The number of nitrogens with one attached hydrogen (secondary N) is 1. The quantitative estimate of drug-likeness (QED) is 0.666. The second-order valence-electron chi connectivity index (χ2n) is 6.09. The smallest absolute Gasteiger partial charge is 0.360 e. The van der Waals surface area contributed by atoms with Crippen LogP contribution < -0.4 is 5.32 Å². The number of hydrogen-bond acceptors (Lipinski definition) is 5. The molecule has 3 N–H and O–H groups in total. The first-order valence-electron chi connectivity index (χ1n) is 7.95. The van der Waals surface area contributed by atoms with Crippen LogP contribution in [0.5, 0.6) is 0 Å². The van der Waals surface area contributed by atoms with Gasteiger partial charge in [-0.05, 0) is 23.3 Å². The van der Waals surface area contributed by atoms with E-state index < -0.39 is 29.5 Å². The normalized spacial score (nSPS) is 24.5. The molecule has 3 unspecified atom stereocenters. The number of aliphatic hydroxyl groups is 1. The minimum atomic E-state index is -2.39. The van der Waals surface area contributed by atoms with E-state index in [0.717, 1.165) is 10.2 Å². The van der Waals surface area contributed by atoms with Crippen LogP contribution in [0.15, 0.2) is 60.9 Å². The molecule has 0 amide bonds. The monoisotopic (exact) mass is 354 g/mol. The lowest BCUT2D eigenvalue weighted by molar-refractivity contribution is -0.179. The molecule has 0 radical (unpaired) electrons. The van der Waals surface area contributed by atoms with Crippen molar-refractivity contribution in [1.82, 2.24) is 14.8 Å². The average Bonchev–Trinajstić information content (AvgIpc) is 3.12. The lowest BCUT2D eigenvalue weighted by atomic mass is 9.78. The van der Waals surface area contributed by atoms with Gasteiger partial charge in [0.15, 0.2) is 0 Å². The number of aliphatic carboxylic acids is 1. The van der Waals surface area contributed by atoms with E-state index in [0.29, 0.717) is 5.56 Å². The highest BCUT2D eigenvalue weighted by atomic mass is 19.1. The van der Waals surface area contributed by atoms with E-state index >= 15 is 0 Å². The standard InChI is InChI=1S/C18H15FN4O3/c19-13-8-6-11(7-9-13)14-15(12-4-2-1-3-5-12)22-17-20-10-21-23(17)18(14,26)16(24)25/h1-10,14-15,26H,(H,24,25)(H,20,21,22). The number of hydrogen-bond donors (Lipinski definition) is 3. The summed E-state index contributed by atoms with van der Waals surface area (Å²) in [5, 5.41) is 28.1. The van der Waals surface area contributed by atoms with Crippen molar-refractivity contribution >= 4 is 11.9 Å². The van der Waals surface area contributed by atoms with Gasteiger partial charge in [-0.2, -0.15) is 14.8 Å². The predicted octanol–water partition coefficient (Wildman–Crippen LogP) is 2.10. The Kier molecular flexibility index (Phi) is 3.69. The van der Waals surface area contributed by atoms with Crippen LogP contribution in [-0.2, 0) is 10.5 Å². The molecular weight excluding hydrogens is 339 g/mol. The van der Waals surface area contributed by atoms with Crippen LogP contribution in [0, 0.1) is 5.82 Å². The highest BCUT2D eigenvalue weighted by Gasteiger charge is 2.56. The molecule has 0 saturated heterocycles. The molecule has 4 rings (SSSR count). The Morgan fingerprint density at radius 3 is 2.46 bits per heavy atom. The molecule has 3 aromatic rings. The number of anilines is 1. The molecular formula is C18H15FN4O3. The topological polar surface area (TPSA) is 100 Å². The summed E-state index contributed by atoms with van der Waals surface area (Å²) in [6, 6.07) is 13.9. The zero-order valence-corrected chi connectivity index (χ0v) is 13.5. The van der Waals surface area contributed by atoms with Crippen molar-refractivity contribution in [3.05, 3.63) is 77.9 Å². The van der Waals surface area contributed by atoms with E-state index in [4.69, 9.17) is 0 Å². The van der Waals surface area contributed by atoms with Crippen molar-refractivity contribution < 1.29 is 19.4 Å². The number of rotatable bonds is 3. The van der Waals surface area contributed by atoms with Gasteiger partial charge < -0.3 is 15.5 Å². The van der Waals surface area contributed by atoms with Gasteiger partial charge in [-0.1, -0.05) is 42.5 Å². The van der Waals surface area contributed by atoms with Crippen LogP contribution in [-0.4, -0.2) is 30.9 Å². The molecule has 0 bridgehead atoms. The van der Waals surface area contributed by atoms with Gasteiger partial charge in [0.2, 0.25) is 5.95 Å². The number of fused-ring (bicyclic) bond motifs is 1. The zero-order chi connectivity index (χ0) is 18.3. The second-order valence-corrected chi connectivity index (χ2v) is 6.09. The lowest BCUT2D eigenvalue weighted by Gasteiger charge is -2.42. The Hall–Kier alpha value is -3.26. The van der Waals surface area contributed by atoms with E-state index in [9.17, 15) is 19.4 Å². The van der Waals surface area contributed by atoms with E-state index in [1.165, 1.54) is 30.6 Å². The van der Waals surface area contributed by atoms with Crippen molar-refractivity contribution in [3.8, 4) is 0 Å². The van der Waals surface area contributed by atoms with Crippen LogP contribution in [0.1, 0.15) is 23.1 Å². The maximum Gasteiger partial charge on any atom is 0.360 e. The van der Waals surface area contributed by atoms with Gasteiger partial charge in [-0.15, -0.1) is 0 Å². The summed E-state index contributed by atoms with van der Waals surface area (Å²) in [6.45, 7) is 0. The first kappa shape index (κ1) is 16.2. The molecule has 1 aromatic heterocycles. The molecule has 7 nitrogen and oxygen atoms in total. The highest BCUT2D eigenvalue weighted by molar-refractivity contribution is 5.78. The van der Waals surface area contributed by atoms with Gasteiger partial charge in [-0.3, -0.25) is 0 Å². The second kappa shape index (κ2) is 5.92. The minimum Gasteiger partial charge on any atom is -0.478 e. The fraction of sp³-hybridized carbons (Fsp3) is 0.167. The fourth-order valence-electron chi connectivity index (χ4n) is 3.43. The molecule has 8 heteroatoms. The van der Waals surface area contributed by atoms with Crippen LogP contribution in [0.3, 0.4) is 0 Å². The third-order valence-electron chi connectivity index (χ3n) is 4.62. The molecule has 1 aliphatic heterocycles. The molecule has 3 atom stereocenters. The van der Waals surface area contributed by atoms with Crippen LogP contribution in [0.2, 0.25) is 0 Å². The van der Waals surface area contributed by atoms with Gasteiger partial charge in [0, 0.05) is 0 Å². The number of carboxylic acids is 1. The van der Waals surface area contributed by atoms with Crippen molar-refractivity contribution in [3.63, 3.8) is 0 Å². The van der Waals surface area contributed by atoms with Crippen molar-refractivity contribution in [2.75, 3.05) is 5.32 Å². The summed E-state index contributed by atoms with van der Waals surface area (Å²) in [7, 11) is 0. The van der Waals surface area contributed by atoms with Crippen molar-refractivity contribution in [2.45, 2.75) is 17.7 Å². The average molecular weight is 354 g/mol. The Morgan fingerprint density at radius 2 is 1.81 bits per heavy atom. The Labute approximate surface area is 147 Å². The van der Waals surface area contributed by atoms with Gasteiger partial charge >= 0.3 is 5.97 Å². The Bertz CT molecular complexity index is 945. The summed E-state index contributed by atoms with van der Waals surface area (Å²) in [5.74, 6) is -2.76. The number of halogens is 1. The van der Waals surface area contributed by atoms with E-state index in [1.54, 1.807) is 0 Å². The first-order chi connectivity index (χ1) is 12.5. The lowest BCUT2D eigenvalue weighted by Crippen LogP contribution is -2.54. The highest BCUT2D eigenvalue weighted by Crippen LogP contribution is 2.47. The van der Waals surface area contributed by atoms with Gasteiger partial charge in [0.25, 0.3) is 5.72 Å². The summed E-state index contributed by atoms with van der Waals surface area (Å²) >= 11 is 0. The number of carboxylic acid groups (broad SMARTS) is 1. The maximum atomic E-state index is 13.4. The molecule has 26 heavy (non-hydrogen) atoms. The molecule has 0 saturated carbocycles. The molecule has 2 heterocycles. The van der Waals surface area contributed by atoms with Gasteiger partial charge in [0.1, 0.15) is 12.1 Å². The molecule has 0 aliphatic carbocycles. The maximum absolute atomic E-state index is 13.4. The molecule has 132 valence electrons. The fourth-order valence-corrected chi connectivity index (χ4v) is 3.43. The third-order valence-corrected chi connectivity index (χ3v) is 4.62. The number of aromatic nitrogens is 3. The first-order valence-corrected chi connectivity index (χ1v) is 7.95. The minimum absolute atomic E-state index is 0.141. The zero-order valence-electron chi connectivity index (χ0n) is 13.5. The molecule has 2 aromatic carbocycles. The van der Waals surface area contributed by atoms with Gasteiger partial charge in [0.05, 0.1) is 12.0 Å². The molecule has 0 fully saturated rings. The summed E-state index contributed by atoms with van der Waals surface area (Å²) in [6.07, 6.45) is 1.17.